The summed E-state index contributed by atoms with van der Waals surface area (Å²) in [5.41, 5.74) is 0.492. The average molecular weight is 318 g/mol. The molecule has 0 heterocycles. The molecular formula is C13H17BrFNO2. The van der Waals surface area contributed by atoms with Gasteiger partial charge in [0.25, 0.3) is 0 Å². The molecule has 0 radical (unpaired) electrons. The van der Waals surface area contributed by atoms with Gasteiger partial charge in [0.2, 0.25) is 0 Å². The van der Waals surface area contributed by atoms with Gasteiger partial charge in [-0.15, -0.1) is 0 Å². The standard InChI is InChI=1S/C13H17BrFNO2/c1-4-12(13(17)18)16(3)8(2)10-7-9(14)5-6-11(10)15/h5-8,12H,4H2,1-3H3,(H,17,18). The lowest BCUT2D eigenvalue weighted by Gasteiger charge is -2.30. The molecule has 1 aromatic rings. The van der Waals surface area contributed by atoms with Gasteiger partial charge in [0.1, 0.15) is 11.9 Å². The zero-order valence-corrected chi connectivity index (χ0v) is 12.2. The summed E-state index contributed by atoms with van der Waals surface area (Å²) >= 11 is 3.30. The molecule has 0 bridgehead atoms. The quantitative estimate of drug-likeness (QED) is 0.904. The fraction of sp³-hybridized carbons (Fsp3) is 0.462. The first-order chi connectivity index (χ1) is 8.38. The summed E-state index contributed by atoms with van der Waals surface area (Å²) < 4.78 is 14.5. The molecule has 0 amide bonds. The molecule has 100 valence electrons. The van der Waals surface area contributed by atoms with Crippen molar-refractivity contribution in [3.63, 3.8) is 0 Å². The van der Waals surface area contributed by atoms with Gasteiger partial charge in [0.05, 0.1) is 0 Å². The molecule has 0 aliphatic rings. The monoisotopic (exact) mass is 317 g/mol. The van der Waals surface area contributed by atoms with Crippen molar-refractivity contribution in [2.45, 2.75) is 32.4 Å². The predicted molar refractivity (Wildman–Crippen MR) is 72.0 cm³/mol. The van der Waals surface area contributed by atoms with Crippen LogP contribution in [-0.2, 0) is 4.79 Å². The van der Waals surface area contributed by atoms with Gasteiger partial charge in [-0.05, 0) is 38.6 Å². The number of hydrogen-bond acceptors (Lipinski definition) is 2. The van der Waals surface area contributed by atoms with E-state index < -0.39 is 12.0 Å². The number of carbonyl (C=O) groups is 1. The number of hydrogen-bond donors (Lipinski definition) is 1. The first-order valence-corrected chi connectivity index (χ1v) is 6.57. The van der Waals surface area contributed by atoms with Crippen LogP contribution in [0, 0.1) is 5.82 Å². The molecule has 0 aliphatic carbocycles. The number of halogens is 2. The zero-order valence-electron chi connectivity index (χ0n) is 10.7. The Morgan fingerprint density at radius 2 is 2.17 bits per heavy atom. The van der Waals surface area contributed by atoms with Gasteiger partial charge >= 0.3 is 5.97 Å². The van der Waals surface area contributed by atoms with Gasteiger partial charge in [-0.3, -0.25) is 9.69 Å². The highest BCUT2D eigenvalue weighted by Gasteiger charge is 2.26. The lowest BCUT2D eigenvalue weighted by atomic mass is 10.0. The number of carboxylic acid groups (broad SMARTS) is 1. The largest absolute Gasteiger partial charge is 0.480 e. The Morgan fingerprint density at radius 1 is 1.56 bits per heavy atom. The summed E-state index contributed by atoms with van der Waals surface area (Å²) in [6.45, 7) is 3.61. The Balaban J connectivity index is 3.02. The molecule has 3 nitrogen and oxygen atoms in total. The van der Waals surface area contributed by atoms with Crippen molar-refractivity contribution in [3.05, 3.63) is 34.1 Å². The minimum absolute atomic E-state index is 0.302. The second-order valence-corrected chi connectivity index (χ2v) is 5.19. The molecule has 1 N–H and O–H groups in total. The Hall–Kier alpha value is -0.940. The number of likely N-dealkylation sites (N-methyl/N-ethyl adjacent to an activating group) is 1. The number of carboxylic acids is 1. The molecular weight excluding hydrogens is 301 g/mol. The van der Waals surface area contributed by atoms with Crippen molar-refractivity contribution in [2.24, 2.45) is 0 Å². The van der Waals surface area contributed by atoms with E-state index in [0.717, 1.165) is 4.47 Å². The van der Waals surface area contributed by atoms with Gasteiger partial charge in [0.15, 0.2) is 0 Å². The van der Waals surface area contributed by atoms with E-state index in [1.807, 2.05) is 0 Å². The van der Waals surface area contributed by atoms with Crippen LogP contribution in [0.4, 0.5) is 4.39 Å². The van der Waals surface area contributed by atoms with Crippen LogP contribution < -0.4 is 0 Å². The van der Waals surface area contributed by atoms with Gasteiger partial charge in [-0.1, -0.05) is 22.9 Å². The highest BCUT2D eigenvalue weighted by Crippen LogP contribution is 2.27. The van der Waals surface area contributed by atoms with Crippen molar-refractivity contribution in [1.82, 2.24) is 4.90 Å². The summed E-state index contributed by atoms with van der Waals surface area (Å²) in [6, 6.07) is 3.78. The molecule has 0 aliphatic heterocycles. The van der Waals surface area contributed by atoms with E-state index in [-0.39, 0.29) is 11.9 Å². The average Bonchev–Trinajstić information content (AvgIpc) is 2.31. The lowest BCUT2D eigenvalue weighted by Crippen LogP contribution is -2.39. The van der Waals surface area contributed by atoms with E-state index in [2.05, 4.69) is 15.9 Å². The van der Waals surface area contributed by atoms with E-state index in [4.69, 9.17) is 5.11 Å². The molecule has 0 aromatic heterocycles. The van der Waals surface area contributed by atoms with Crippen LogP contribution in [-0.4, -0.2) is 29.1 Å². The van der Waals surface area contributed by atoms with Crippen molar-refractivity contribution in [3.8, 4) is 0 Å². The normalized spacial score (nSPS) is 14.6. The number of nitrogens with zero attached hydrogens (tertiary/aromatic N) is 1. The third-order valence-corrected chi connectivity index (χ3v) is 3.68. The number of rotatable bonds is 5. The smallest absolute Gasteiger partial charge is 0.320 e. The molecule has 5 heteroatoms. The lowest BCUT2D eigenvalue weighted by molar-refractivity contribution is -0.143. The highest BCUT2D eigenvalue weighted by atomic mass is 79.9. The molecule has 1 rings (SSSR count). The maximum Gasteiger partial charge on any atom is 0.320 e. The van der Waals surface area contributed by atoms with E-state index >= 15 is 0 Å². The third-order valence-electron chi connectivity index (χ3n) is 3.18. The van der Waals surface area contributed by atoms with Crippen LogP contribution in [0.5, 0.6) is 0 Å². The van der Waals surface area contributed by atoms with E-state index in [1.165, 1.54) is 6.07 Å². The van der Waals surface area contributed by atoms with E-state index in [9.17, 15) is 9.18 Å². The van der Waals surface area contributed by atoms with Crippen LogP contribution in [0.15, 0.2) is 22.7 Å². The summed E-state index contributed by atoms with van der Waals surface area (Å²) in [5, 5.41) is 9.12. The molecule has 18 heavy (non-hydrogen) atoms. The van der Waals surface area contributed by atoms with Crippen LogP contribution in [0.2, 0.25) is 0 Å². The fourth-order valence-corrected chi connectivity index (χ4v) is 2.34. The van der Waals surface area contributed by atoms with Gasteiger partial charge in [-0.2, -0.15) is 0 Å². The minimum atomic E-state index is -0.887. The Bertz CT molecular complexity index is 439. The highest BCUT2D eigenvalue weighted by molar-refractivity contribution is 9.10. The SMILES string of the molecule is CCC(C(=O)O)N(C)C(C)c1cc(Br)ccc1F. The maximum atomic E-state index is 13.8. The van der Waals surface area contributed by atoms with Crippen molar-refractivity contribution >= 4 is 21.9 Å². The fourth-order valence-electron chi connectivity index (χ4n) is 1.96. The van der Waals surface area contributed by atoms with E-state index in [1.54, 1.807) is 37.9 Å². The summed E-state index contributed by atoms with van der Waals surface area (Å²) in [6.07, 6.45) is 0.478. The van der Waals surface area contributed by atoms with Crippen LogP contribution >= 0.6 is 15.9 Å². The molecule has 2 atom stereocenters. The van der Waals surface area contributed by atoms with Crippen LogP contribution in [0.1, 0.15) is 31.9 Å². The molecule has 0 fully saturated rings. The van der Waals surface area contributed by atoms with Crippen molar-refractivity contribution in [2.75, 3.05) is 7.05 Å². The molecule has 0 saturated heterocycles. The van der Waals surface area contributed by atoms with E-state index in [0.29, 0.717) is 12.0 Å². The first-order valence-electron chi connectivity index (χ1n) is 5.78. The number of aliphatic carboxylic acids is 1. The summed E-state index contributed by atoms with van der Waals surface area (Å²) in [5.74, 6) is -1.21. The van der Waals surface area contributed by atoms with Gasteiger partial charge in [0, 0.05) is 16.1 Å². The molecule has 2 unspecified atom stereocenters. The second-order valence-electron chi connectivity index (χ2n) is 4.27. The Kier molecular flexibility index (Phi) is 5.28. The molecule has 0 spiro atoms. The minimum Gasteiger partial charge on any atom is -0.480 e. The Morgan fingerprint density at radius 3 is 2.67 bits per heavy atom. The molecule has 1 aromatic carbocycles. The molecule has 0 saturated carbocycles. The third kappa shape index (κ3) is 3.29. The van der Waals surface area contributed by atoms with Gasteiger partial charge < -0.3 is 5.11 Å². The van der Waals surface area contributed by atoms with Crippen LogP contribution in [0.3, 0.4) is 0 Å². The summed E-state index contributed by atoms with van der Waals surface area (Å²) in [4.78, 5) is 12.8. The first kappa shape index (κ1) is 15.1. The summed E-state index contributed by atoms with van der Waals surface area (Å²) in [7, 11) is 1.70. The Labute approximate surface area is 115 Å². The van der Waals surface area contributed by atoms with Crippen molar-refractivity contribution < 1.29 is 14.3 Å². The zero-order chi connectivity index (χ0) is 13.9. The number of benzene rings is 1. The van der Waals surface area contributed by atoms with Crippen molar-refractivity contribution in [1.29, 1.82) is 0 Å². The maximum absolute atomic E-state index is 13.8. The predicted octanol–water partition coefficient (Wildman–Crippen LogP) is 3.44. The second kappa shape index (κ2) is 6.29. The van der Waals surface area contributed by atoms with Crippen LogP contribution in [0.25, 0.3) is 0 Å². The topological polar surface area (TPSA) is 40.5 Å². The van der Waals surface area contributed by atoms with Gasteiger partial charge in [-0.25, -0.2) is 4.39 Å².